The van der Waals surface area contributed by atoms with E-state index in [1.54, 1.807) is 19.1 Å². The van der Waals surface area contributed by atoms with Gasteiger partial charge in [-0.25, -0.2) is 4.79 Å². The average molecular weight is 358 g/mol. The zero-order chi connectivity index (χ0) is 18.6. The number of nitrogens with one attached hydrogen (secondary N) is 1. The van der Waals surface area contributed by atoms with Gasteiger partial charge in [-0.15, -0.1) is 0 Å². The number of hydrogen-bond acceptors (Lipinski definition) is 5. The first-order valence-electron chi connectivity index (χ1n) is 8.48. The molecule has 0 fully saturated rings. The molecule has 2 heterocycles. The van der Waals surface area contributed by atoms with Crippen LogP contribution in [0.5, 0.6) is 0 Å². The monoisotopic (exact) mass is 358 g/mol. The van der Waals surface area contributed by atoms with Gasteiger partial charge < -0.3 is 14.2 Å². The van der Waals surface area contributed by atoms with Gasteiger partial charge in [0.1, 0.15) is 6.61 Å². The lowest BCUT2D eigenvalue weighted by atomic mass is 10.2. The largest absolute Gasteiger partial charge is 0.371 e. The summed E-state index contributed by atoms with van der Waals surface area (Å²) in [5.41, 5.74) is 0.532. The van der Waals surface area contributed by atoms with Crippen LogP contribution in [-0.2, 0) is 20.8 Å². The maximum atomic E-state index is 12.1. The lowest BCUT2D eigenvalue weighted by Crippen LogP contribution is -2.40. The molecule has 3 rings (SSSR count). The van der Waals surface area contributed by atoms with E-state index in [1.807, 2.05) is 37.3 Å². The molecular formula is C19H22N2O5. The Hall–Kier alpha value is -2.48. The van der Waals surface area contributed by atoms with Crippen LogP contribution >= 0.6 is 0 Å². The van der Waals surface area contributed by atoms with Gasteiger partial charge >= 0.3 is 5.69 Å². The van der Waals surface area contributed by atoms with Crippen LogP contribution in [-0.4, -0.2) is 28.6 Å². The lowest BCUT2D eigenvalue weighted by Gasteiger charge is -2.29. The van der Waals surface area contributed by atoms with Crippen molar-refractivity contribution in [3.05, 3.63) is 80.6 Å². The summed E-state index contributed by atoms with van der Waals surface area (Å²) >= 11 is 0. The number of nitrogens with zero attached hydrogens (tertiary/aromatic N) is 1. The molecular weight excluding hydrogens is 336 g/mol. The third kappa shape index (κ3) is 4.01. The van der Waals surface area contributed by atoms with Gasteiger partial charge in [0.15, 0.2) is 6.23 Å². The molecule has 1 aromatic carbocycles. The fourth-order valence-corrected chi connectivity index (χ4v) is 2.77. The predicted octanol–water partition coefficient (Wildman–Crippen LogP) is 1.88. The Morgan fingerprint density at radius 3 is 2.77 bits per heavy atom. The normalized spacial score (nSPS) is 22.0. The first-order valence-corrected chi connectivity index (χ1v) is 8.48. The van der Waals surface area contributed by atoms with Crippen LogP contribution in [0.1, 0.15) is 24.3 Å². The molecule has 0 radical (unpaired) electrons. The number of benzene rings is 1. The molecule has 0 saturated carbocycles. The molecule has 0 saturated heterocycles. The molecule has 138 valence electrons. The van der Waals surface area contributed by atoms with Gasteiger partial charge in [0, 0.05) is 18.4 Å². The predicted molar refractivity (Wildman–Crippen MR) is 95.8 cm³/mol. The van der Waals surface area contributed by atoms with E-state index in [2.05, 4.69) is 4.98 Å². The second kappa shape index (κ2) is 7.82. The second-order valence-corrected chi connectivity index (χ2v) is 6.07. The zero-order valence-corrected chi connectivity index (χ0v) is 14.8. The molecule has 0 bridgehead atoms. The topological polar surface area (TPSA) is 82.5 Å². The average Bonchev–Trinajstić information content (AvgIpc) is 3.03. The highest BCUT2D eigenvalue weighted by atomic mass is 16.7. The highest BCUT2D eigenvalue weighted by Gasteiger charge is 2.38. The van der Waals surface area contributed by atoms with E-state index < -0.39 is 23.3 Å². The van der Waals surface area contributed by atoms with Crippen molar-refractivity contribution in [2.24, 2.45) is 0 Å². The molecule has 7 heteroatoms. The fourth-order valence-electron chi connectivity index (χ4n) is 2.77. The van der Waals surface area contributed by atoms with Crippen molar-refractivity contribution in [3.63, 3.8) is 0 Å². The Balaban J connectivity index is 1.71. The first kappa shape index (κ1) is 18.3. The van der Waals surface area contributed by atoms with Crippen molar-refractivity contribution >= 4 is 0 Å². The van der Waals surface area contributed by atoms with Crippen molar-refractivity contribution in [1.29, 1.82) is 0 Å². The van der Waals surface area contributed by atoms with Gasteiger partial charge in [0.2, 0.25) is 5.79 Å². The fraction of sp³-hybridized carbons (Fsp3) is 0.368. The third-order valence-corrected chi connectivity index (χ3v) is 4.06. The molecule has 1 aromatic heterocycles. The third-order valence-electron chi connectivity index (χ3n) is 4.06. The number of aryl methyl sites for hydroxylation is 1. The summed E-state index contributed by atoms with van der Waals surface area (Å²) in [4.78, 5) is 25.9. The van der Waals surface area contributed by atoms with Crippen LogP contribution in [0.4, 0.5) is 0 Å². The highest BCUT2D eigenvalue weighted by molar-refractivity contribution is 5.14. The molecule has 2 aromatic rings. The number of rotatable bonds is 7. The Bertz CT molecular complexity index is 887. The van der Waals surface area contributed by atoms with E-state index in [1.165, 1.54) is 10.8 Å². The standard InChI is InChI=1S/C19H22N2O5/c1-3-25-19(13-24-12-15-7-5-4-6-8-15)10-9-16(26-19)21-11-14(2)17(22)20-18(21)23/h4-11,16H,3,12-13H2,1-2H3,(H,20,22,23)/t16-,19+/m1/s1. The Labute approximate surface area is 150 Å². The number of H-pyrrole nitrogens is 1. The molecule has 1 N–H and O–H groups in total. The molecule has 1 aliphatic rings. The SMILES string of the molecule is CCO[C@@]1(COCc2ccccc2)C=C[C@H](n2cc(C)c(=O)[nH]c2=O)O1. The van der Waals surface area contributed by atoms with Gasteiger partial charge in [-0.3, -0.25) is 14.3 Å². The van der Waals surface area contributed by atoms with Gasteiger partial charge in [-0.2, -0.15) is 0 Å². The van der Waals surface area contributed by atoms with Crippen molar-refractivity contribution in [1.82, 2.24) is 9.55 Å². The van der Waals surface area contributed by atoms with E-state index in [0.29, 0.717) is 18.8 Å². The molecule has 0 aliphatic carbocycles. The Kier molecular flexibility index (Phi) is 5.51. The molecule has 1 aliphatic heterocycles. The second-order valence-electron chi connectivity index (χ2n) is 6.07. The number of hydrogen-bond donors (Lipinski definition) is 1. The summed E-state index contributed by atoms with van der Waals surface area (Å²) in [6, 6.07) is 9.80. The summed E-state index contributed by atoms with van der Waals surface area (Å²) in [5.74, 6) is -1.07. The summed E-state index contributed by atoms with van der Waals surface area (Å²) in [5, 5.41) is 0. The van der Waals surface area contributed by atoms with Crippen LogP contribution in [0.3, 0.4) is 0 Å². The molecule has 0 spiro atoms. The van der Waals surface area contributed by atoms with E-state index in [4.69, 9.17) is 14.2 Å². The summed E-state index contributed by atoms with van der Waals surface area (Å²) in [6.07, 6.45) is 4.27. The number of aromatic amines is 1. The number of ether oxygens (including phenoxy) is 3. The highest BCUT2D eigenvalue weighted by Crippen LogP contribution is 2.30. The molecule has 0 unspecified atom stereocenters. The van der Waals surface area contributed by atoms with Crippen molar-refractivity contribution in [2.75, 3.05) is 13.2 Å². The van der Waals surface area contributed by atoms with Gasteiger partial charge in [0.05, 0.1) is 6.61 Å². The van der Waals surface area contributed by atoms with Crippen LogP contribution < -0.4 is 11.2 Å². The van der Waals surface area contributed by atoms with Crippen molar-refractivity contribution in [3.8, 4) is 0 Å². The lowest BCUT2D eigenvalue weighted by molar-refractivity contribution is -0.244. The summed E-state index contributed by atoms with van der Waals surface area (Å²) < 4.78 is 18.8. The van der Waals surface area contributed by atoms with Gasteiger partial charge in [0.25, 0.3) is 5.56 Å². The first-order chi connectivity index (χ1) is 12.5. The quantitative estimate of drug-likeness (QED) is 0.764. The summed E-state index contributed by atoms with van der Waals surface area (Å²) in [6.45, 7) is 4.52. The molecule has 7 nitrogen and oxygen atoms in total. The van der Waals surface area contributed by atoms with E-state index >= 15 is 0 Å². The van der Waals surface area contributed by atoms with Crippen LogP contribution in [0, 0.1) is 6.92 Å². The maximum Gasteiger partial charge on any atom is 0.330 e. The minimum atomic E-state index is -1.07. The van der Waals surface area contributed by atoms with Crippen LogP contribution in [0.15, 0.2) is 58.3 Å². The van der Waals surface area contributed by atoms with Crippen LogP contribution in [0.25, 0.3) is 0 Å². The van der Waals surface area contributed by atoms with Gasteiger partial charge in [-0.05, 0) is 31.6 Å². The molecule has 2 atom stereocenters. The van der Waals surface area contributed by atoms with Crippen molar-refractivity contribution in [2.45, 2.75) is 32.5 Å². The minimum Gasteiger partial charge on any atom is -0.371 e. The Morgan fingerprint density at radius 2 is 2.04 bits per heavy atom. The van der Waals surface area contributed by atoms with E-state index in [9.17, 15) is 9.59 Å². The Morgan fingerprint density at radius 1 is 1.27 bits per heavy atom. The molecule has 0 amide bonds. The smallest absolute Gasteiger partial charge is 0.330 e. The van der Waals surface area contributed by atoms with E-state index in [-0.39, 0.29) is 6.61 Å². The van der Waals surface area contributed by atoms with Crippen LogP contribution in [0.2, 0.25) is 0 Å². The maximum absolute atomic E-state index is 12.1. The van der Waals surface area contributed by atoms with Gasteiger partial charge in [-0.1, -0.05) is 30.3 Å². The summed E-state index contributed by atoms with van der Waals surface area (Å²) in [7, 11) is 0. The van der Waals surface area contributed by atoms with E-state index in [0.717, 1.165) is 5.56 Å². The minimum absolute atomic E-state index is 0.180. The zero-order valence-electron chi connectivity index (χ0n) is 14.8. The van der Waals surface area contributed by atoms with Crippen molar-refractivity contribution < 1.29 is 14.2 Å². The number of aromatic nitrogens is 2. The molecule has 26 heavy (non-hydrogen) atoms.